The number of carbonyl (C=O) groups is 1. The summed E-state index contributed by atoms with van der Waals surface area (Å²) >= 11 is -1.81. The number of hydrogen-bond donors (Lipinski definition) is 2. The van der Waals surface area contributed by atoms with Gasteiger partial charge in [-0.15, -0.1) is 4.72 Å². The molecule has 1 unspecified atom stereocenters. The number of hydrogen-bond acceptors (Lipinski definition) is 6. The summed E-state index contributed by atoms with van der Waals surface area (Å²) in [6.45, 7) is 3.15. The maximum absolute atomic E-state index is 12.7. The SMILES string of the molecule is COc1cc(-c2ccc(C)cc2NC(=O)N[S+]([O-])c2cnn3c2OCCC3)ccn1. The van der Waals surface area contributed by atoms with Crippen LogP contribution in [0, 0.1) is 6.92 Å². The molecule has 4 rings (SSSR count). The smallest absolute Gasteiger partial charge is 0.361 e. The van der Waals surface area contributed by atoms with Gasteiger partial charge in [-0.25, -0.2) is 14.5 Å². The van der Waals surface area contributed by atoms with Gasteiger partial charge in [-0.05, 0) is 30.2 Å². The van der Waals surface area contributed by atoms with Crippen molar-refractivity contribution in [2.45, 2.75) is 24.8 Å². The van der Waals surface area contributed by atoms with Crippen LogP contribution in [0.3, 0.4) is 0 Å². The lowest BCUT2D eigenvalue weighted by Crippen LogP contribution is -2.34. The highest BCUT2D eigenvalue weighted by Crippen LogP contribution is 2.31. The first kappa shape index (κ1) is 20.0. The molecule has 0 bridgehead atoms. The molecule has 0 saturated carbocycles. The molecule has 3 heterocycles. The zero-order chi connectivity index (χ0) is 21.1. The molecule has 30 heavy (non-hydrogen) atoms. The molecule has 2 amide bonds. The van der Waals surface area contributed by atoms with Gasteiger partial charge in [0.05, 0.1) is 19.4 Å². The number of rotatable bonds is 5. The minimum Gasteiger partial charge on any atom is -0.588 e. The molecule has 0 fully saturated rings. The van der Waals surface area contributed by atoms with Crippen LogP contribution in [-0.4, -0.2) is 39.1 Å². The first-order valence-corrected chi connectivity index (χ1v) is 10.5. The van der Waals surface area contributed by atoms with Crippen molar-refractivity contribution in [3.63, 3.8) is 0 Å². The molecule has 156 valence electrons. The van der Waals surface area contributed by atoms with Crippen LogP contribution >= 0.6 is 0 Å². The van der Waals surface area contributed by atoms with Crippen molar-refractivity contribution in [2.24, 2.45) is 0 Å². The number of aryl methyl sites for hydroxylation is 2. The van der Waals surface area contributed by atoms with Gasteiger partial charge in [-0.1, -0.05) is 12.1 Å². The van der Waals surface area contributed by atoms with Gasteiger partial charge in [0, 0.05) is 30.8 Å². The number of nitrogens with zero attached hydrogens (tertiary/aromatic N) is 3. The van der Waals surface area contributed by atoms with E-state index in [2.05, 4.69) is 20.1 Å². The van der Waals surface area contributed by atoms with Crippen LogP contribution in [0.1, 0.15) is 12.0 Å². The van der Waals surface area contributed by atoms with Gasteiger partial charge in [0.25, 0.3) is 10.8 Å². The van der Waals surface area contributed by atoms with E-state index in [1.54, 1.807) is 24.1 Å². The standard InChI is InChI=1S/C20H21N5O4S/c1-13-4-5-15(14-6-7-21-18(11-14)28-2)16(10-13)23-20(26)24-30(27)17-12-22-25-8-3-9-29-19(17)25/h4-7,10-12H,3,8-9H2,1-2H3,(H2,23,24,26). The summed E-state index contributed by atoms with van der Waals surface area (Å²) in [6, 6.07) is 8.69. The number of urea groups is 1. The topological polar surface area (TPSA) is 113 Å². The van der Waals surface area contributed by atoms with Gasteiger partial charge in [0.1, 0.15) is 17.6 Å². The number of nitrogens with one attached hydrogen (secondary N) is 2. The Bertz CT molecular complexity index is 1070. The van der Waals surface area contributed by atoms with E-state index in [9.17, 15) is 9.35 Å². The Kier molecular flexibility index (Phi) is 5.77. The maximum atomic E-state index is 12.7. The maximum Gasteiger partial charge on any atom is 0.361 e. The molecule has 1 atom stereocenters. The third-order valence-electron chi connectivity index (χ3n) is 4.58. The summed E-state index contributed by atoms with van der Waals surface area (Å²) in [6.07, 6.45) is 3.93. The molecule has 2 aromatic heterocycles. The van der Waals surface area contributed by atoms with Gasteiger partial charge in [0.15, 0.2) is 0 Å². The van der Waals surface area contributed by atoms with Crippen molar-refractivity contribution in [1.29, 1.82) is 0 Å². The van der Waals surface area contributed by atoms with Crippen molar-refractivity contribution in [1.82, 2.24) is 19.5 Å². The lowest BCUT2D eigenvalue weighted by Gasteiger charge is -2.17. The molecule has 1 aliphatic rings. The van der Waals surface area contributed by atoms with Gasteiger partial charge in [-0.2, -0.15) is 5.10 Å². The molecule has 1 aliphatic heterocycles. The third kappa shape index (κ3) is 4.19. The number of anilines is 1. The zero-order valence-electron chi connectivity index (χ0n) is 16.5. The minimum absolute atomic E-state index is 0.341. The lowest BCUT2D eigenvalue weighted by atomic mass is 10.0. The van der Waals surface area contributed by atoms with E-state index in [0.29, 0.717) is 35.5 Å². The highest BCUT2D eigenvalue weighted by atomic mass is 32.2. The first-order chi connectivity index (χ1) is 14.5. The number of amides is 2. The van der Waals surface area contributed by atoms with E-state index >= 15 is 0 Å². The molecule has 9 nitrogen and oxygen atoms in total. The second-order valence-electron chi connectivity index (χ2n) is 6.70. The van der Waals surface area contributed by atoms with E-state index in [-0.39, 0.29) is 0 Å². The van der Waals surface area contributed by atoms with Crippen LogP contribution in [0.15, 0.2) is 47.6 Å². The summed E-state index contributed by atoms with van der Waals surface area (Å²) in [7, 11) is 1.54. The molecule has 1 aromatic carbocycles. The first-order valence-electron chi connectivity index (χ1n) is 9.34. The Hall–Kier alpha value is -3.24. The van der Waals surface area contributed by atoms with Gasteiger partial charge in [0.2, 0.25) is 5.88 Å². The fraction of sp³-hybridized carbons (Fsp3) is 0.250. The average Bonchev–Trinajstić information content (AvgIpc) is 3.18. The summed E-state index contributed by atoms with van der Waals surface area (Å²) in [4.78, 5) is 17.0. The van der Waals surface area contributed by atoms with Gasteiger partial charge >= 0.3 is 6.03 Å². The van der Waals surface area contributed by atoms with E-state index < -0.39 is 17.4 Å². The number of benzene rings is 1. The van der Waals surface area contributed by atoms with E-state index in [1.165, 1.54) is 6.20 Å². The normalized spacial score (nSPS) is 13.7. The molecular formula is C20H21N5O4S. The average molecular weight is 427 g/mol. The molecule has 10 heteroatoms. The molecular weight excluding hydrogens is 406 g/mol. The van der Waals surface area contributed by atoms with Crippen LogP contribution in [-0.2, 0) is 17.9 Å². The number of pyridine rings is 1. The van der Waals surface area contributed by atoms with Crippen molar-refractivity contribution < 1.29 is 18.8 Å². The van der Waals surface area contributed by atoms with Gasteiger partial charge in [-0.3, -0.25) is 0 Å². The quantitative estimate of drug-likeness (QED) is 0.606. The zero-order valence-corrected chi connectivity index (χ0v) is 17.4. The summed E-state index contributed by atoms with van der Waals surface area (Å²) in [5.41, 5.74) is 3.16. The molecule has 0 saturated heterocycles. The summed E-state index contributed by atoms with van der Waals surface area (Å²) in [5.74, 6) is 0.899. The predicted octanol–water partition coefficient (Wildman–Crippen LogP) is 2.89. The molecule has 0 aliphatic carbocycles. The highest BCUT2D eigenvalue weighted by molar-refractivity contribution is 7.90. The molecule has 0 radical (unpaired) electrons. The van der Waals surface area contributed by atoms with Crippen LogP contribution < -0.4 is 19.5 Å². The lowest BCUT2D eigenvalue weighted by molar-refractivity contribution is 0.224. The van der Waals surface area contributed by atoms with Crippen LogP contribution in [0.5, 0.6) is 11.8 Å². The highest BCUT2D eigenvalue weighted by Gasteiger charge is 2.28. The fourth-order valence-corrected chi connectivity index (χ4v) is 3.96. The van der Waals surface area contributed by atoms with Crippen molar-refractivity contribution in [3.8, 4) is 22.9 Å². The fourth-order valence-electron chi connectivity index (χ4n) is 3.16. The van der Waals surface area contributed by atoms with Crippen LogP contribution in [0.4, 0.5) is 10.5 Å². The Morgan fingerprint density at radius 3 is 3.03 bits per heavy atom. The molecule has 2 N–H and O–H groups in total. The Balaban J connectivity index is 1.53. The van der Waals surface area contributed by atoms with E-state index in [1.807, 2.05) is 31.2 Å². The second-order valence-corrected chi connectivity index (χ2v) is 7.88. The van der Waals surface area contributed by atoms with Crippen molar-refractivity contribution >= 4 is 23.1 Å². The minimum atomic E-state index is -1.81. The van der Waals surface area contributed by atoms with Crippen LogP contribution in [0.2, 0.25) is 0 Å². The number of carbonyl (C=O) groups excluding carboxylic acids is 1. The van der Waals surface area contributed by atoms with E-state index in [4.69, 9.17) is 9.47 Å². The Labute approximate surface area is 176 Å². The number of methoxy groups -OCH3 is 1. The second kappa shape index (κ2) is 8.64. The third-order valence-corrected chi connectivity index (χ3v) is 5.63. The van der Waals surface area contributed by atoms with Gasteiger partial charge < -0.3 is 19.3 Å². The van der Waals surface area contributed by atoms with E-state index in [0.717, 1.165) is 23.1 Å². The predicted molar refractivity (Wildman–Crippen MR) is 112 cm³/mol. The Morgan fingerprint density at radius 2 is 2.20 bits per heavy atom. The summed E-state index contributed by atoms with van der Waals surface area (Å²) in [5, 5.41) is 6.95. The van der Waals surface area contributed by atoms with Crippen molar-refractivity contribution in [3.05, 3.63) is 48.3 Å². The van der Waals surface area contributed by atoms with Crippen LogP contribution in [0.25, 0.3) is 11.1 Å². The molecule has 3 aromatic rings. The number of fused-ring (bicyclic) bond motifs is 1. The number of aromatic nitrogens is 3. The number of ether oxygens (including phenoxy) is 2. The van der Waals surface area contributed by atoms with Crippen molar-refractivity contribution in [2.75, 3.05) is 19.0 Å². The summed E-state index contributed by atoms with van der Waals surface area (Å²) < 4.78 is 27.5. The Morgan fingerprint density at radius 1 is 1.33 bits per heavy atom. The molecule has 0 spiro atoms. The largest absolute Gasteiger partial charge is 0.588 e. The monoisotopic (exact) mass is 427 g/mol.